The van der Waals surface area contributed by atoms with E-state index in [9.17, 15) is 18.0 Å². The largest absolute Gasteiger partial charge is 0.449 e. The summed E-state index contributed by atoms with van der Waals surface area (Å²) < 4.78 is 32.8. The molecule has 1 aliphatic carbocycles. The SMILES string of the molecule is Cc1cccc(C)c1NC(=O)C(C)OC(=O)c1cc(S(=O)(=O)NC2CC2)c(Cl)cc1Cl. The van der Waals surface area contributed by atoms with Crippen LogP contribution in [0.3, 0.4) is 0 Å². The van der Waals surface area contributed by atoms with Gasteiger partial charge in [0.2, 0.25) is 10.0 Å². The lowest BCUT2D eigenvalue weighted by molar-refractivity contribution is -0.123. The van der Waals surface area contributed by atoms with Crippen molar-refractivity contribution in [2.45, 2.75) is 50.7 Å². The summed E-state index contributed by atoms with van der Waals surface area (Å²) in [5, 5.41) is 2.55. The van der Waals surface area contributed by atoms with Crippen molar-refractivity contribution in [3.63, 3.8) is 0 Å². The molecule has 1 unspecified atom stereocenters. The molecule has 1 atom stereocenters. The van der Waals surface area contributed by atoms with Gasteiger partial charge in [0.15, 0.2) is 6.10 Å². The Morgan fingerprint density at radius 2 is 1.71 bits per heavy atom. The fraction of sp³-hybridized carbons (Fsp3) is 0.333. The van der Waals surface area contributed by atoms with Crippen LogP contribution < -0.4 is 10.0 Å². The molecule has 1 amide bonds. The number of para-hydroxylation sites is 1. The van der Waals surface area contributed by atoms with Crippen molar-refractivity contribution < 1.29 is 22.7 Å². The lowest BCUT2D eigenvalue weighted by Crippen LogP contribution is -2.31. The minimum atomic E-state index is -3.92. The average Bonchev–Trinajstić information content (AvgIpc) is 3.47. The highest BCUT2D eigenvalue weighted by Crippen LogP contribution is 2.31. The van der Waals surface area contributed by atoms with E-state index in [-0.39, 0.29) is 26.5 Å². The van der Waals surface area contributed by atoms with Gasteiger partial charge in [0.05, 0.1) is 15.6 Å². The first-order chi connectivity index (χ1) is 14.5. The number of sulfonamides is 1. The molecule has 0 heterocycles. The third-order valence-corrected chi connectivity index (χ3v) is 7.11. The molecule has 7 nitrogen and oxygen atoms in total. The number of benzene rings is 2. The van der Waals surface area contributed by atoms with Crippen molar-refractivity contribution in [1.82, 2.24) is 4.72 Å². The van der Waals surface area contributed by atoms with Crippen LogP contribution in [0.15, 0.2) is 35.2 Å². The summed E-state index contributed by atoms with van der Waals surface area (Å²) in [6, 6.07) is 7.67. The van der Waals surface area contributed by atoms with Crippen LogP contribution in [-0.2, 0) is 19.6 Å². The number of esters is 1. The Morgan fingerprint density at radius 1 is 1.10 bits per heavy atom. The number of anilines is 1. The molecule has 2 aromatic carbocycles. The highest BCUT2D eigenvalue weighted by molar-refractivity contribution is 7.89. The molecular weight excluding hydrogens is 463 g/mol. The standard InChI is InChI=1S/C21H22Cl2N2O5S/c1-11-5-4-6-12(2)19(11)24-20(26)13(3)30-21(27)15-9-18(17(23)10-16(15)22)31(28,29)25-14-7-8-14/h4-6,9-10,13-14,25H,7-8H2,1-3H3,(H,24,26). The molecule has 0 bridgehead atoms. The minimum absolute atomic E-state index is 0.0808. The Kier molecular flexibility index (Phi) is 6.95. The van der Waals surface area contributed by atoms with Crippen molar-refractivity contribution >= 4 is 50.8 Å². The van der Waals surface area contributed by atoms with E-state index in [1.807, 2.05) is 32.0 Å². The molecule has 3 rings (SSSR count). The number of halogens is 2. The highest BCUT2D eigenvalue weighted by atomic mass is 35.5. The number of nitrogens with one attached hydrogen (secondary N) is 2. The van der Waals surface area contributed by atoms with E-state index in [0.717, 1.165) is 30.0 Å². The van der Waals surface area contributed by atoms with Gasteiger partial charge in [-0.3, -0.25) is 4.79 Å². The molecule has 2 aromatic rings. The van der Waals surface area contributed by atoms with E-state index in [4.69, 9.17) is 27.9 Å². The molecule has 10 heteroatoms. The fourth-order valence-corrected chi connectivity index (χ4v) is 5.04. The second-order valence-corrected chi connectivity index (χ2v) is 9.96. The van der Waals surface area contributed by atoms with Gasteiger partial charge in [0, 0.05) is 11.7 Å². The zero-order valence-electron chi connectivity index (χ0n) is 17.2. The summed E-state index contributed by atoms with van der Waals surface area (Å²) in [5.41, 5.74) is 2.17. The fourth-order valence-electron chi connectivity index (χ4n) is 2.89. The van der Waals surface area contributed by atoms with Gasteiger partial charge in [0.1, 0.15) is 4.90 Å². The molecule has 1 saturated carbocycles. The number of ether oxygens (including phenoxy) is 1. The van der Waals surface area contributed by atoms with Crippen LogP contribution in [0.25, 0.3) is 0 Å². The Labute approximate surface area is 191 Å². The van der Waals surface area contributed by atoms with Crippen molar-refractivity contribution in [2.75, 3.05) is 5.32 Å². The molecule has 31 heavy (non-hydrogen) atoms. The number of carbonyl (C=O) groups is 2. The molecule has 1 fully saturated rings. The predicted octanol–water partition coefficient (Wildman–Crippen LogP) is 4.23. The topological polar surface area (TPSA) is 102 Å². The van der Waals surface area contributed by atoms with Crippen LogP contribution in [0, 0.1) is 13.8 Å². The van der Waals surface area contributed by atoms with Crippen LogP contribution in [0.1, 0.15) is 41.3 Å². The maximum Gasteiger partial charge on any atom is 0.340 e. The van der Waals surface area contributed by atoms with Gasteiger partial charge < -0.3 is 10.1 Å². The molecule has 0 saturated heterocycles. The number of hydrogen-bond donors (Lipinski definition) is 2. The van der Waals surface area contributed by atoms with Crippen molar-refractivity contribution in [1.29, 1.82) is 0 Å². The summed E-state index contributed by atoms with van der Waals surface area (Å²) in [6.45, 7) is 5.12. The smallest absolute Gasteiger partial charge is 0.340 e. The van der Waals surface area contributed by atoms with Crippen LogP contribution >= 0.6 is 23.2 Å². The van der Waals surface area contributed by atoms with Gasteiger partial charge in [0.25, 0.3) is 5.91 Å². The molecule has 0 aliphatic heterocycles. The third kappa shape index (κ3) is 5.57. The van der Waals surface area contributed by atoms with Gasteiger partial charge in [-0.05, 0) is 56.9 Å². The second kappa shape index (κ2) is 9.16. The lowest BCUT2D eigenvalue weighted by atomic mass is 10.1. The zero-order valence-corrected chi connectivity index (χ0v) is 19.5. The van der Waals surface area contributed by atoms with Gasteiger partial charge in [-0.15, -0.1) is 0 Å². The molecule has 2 N–H and O–H groups in total. The van der Waals surface area contributed by atoms with Gasteiger partial charge >= 0.3 is 5.97 Å². The normalized spacial score (nSPS) is 14.7. The van der Waals surface area contributed by atoms with Gasteiger partial charge in [-0.25, -0.2) is 17.9 Å². The number of carbonyl (C=O) groups excluding carboxylic acids is 2. The summed E-state index contributed by atoms with van der Waals surface area (Å²) in [5.74, 6) is -1.47. The Hall–Kier alpha value is -2.13. The maximum atomic E-state index is 12.6. The van der Waals surface area contributed by atoms with E-state index in [0.29, 0.717) is 5.69 Å². The lowest BCUT2D eigenvalue weighted by Gasteiger charge is -2.17. The number of aryl methyl sites for hydroxylation is 2. The Morgan fingerprint density at radius 3 is 2.29 bits per heavy atom. The average molecular weight is 485 g/mol. The van der Waals surface area contributed by atoms with E-state index < -0.39 is 28.0 Å². The first kappa shape index (κ1) is 23.5. The summed E-state index contributed by atoms with van der Waals surface area (Å²) in [7, 11) is -3.92. The number of amides is 1. The van der Waals surface area contributed by atoms with Gasteiger partial charge in [-0.1, -0.05) is 41.4 Å². The third-order valence-electron chi connectivity index (χ3n) is 4.81. The van der Waals surface area contributed by atoms with Crippen LogP contribution in [-0.4, -0.2) is 32.4 Å². The van der Waals surface area contributed by atoms with Crippen molar-refractivity contribution in [3.8, 4) is 0 Å². The number of rotatable bonds is 7. The summed E-state index contributed by atoms with van der Waals surface area (Å²) in [4.78, 5) is 24.9. The van der Waals surface area contributed by atoms with E-state index in [1.165, 1.54) is 13.0 Å². The summed E-state index contributed by atoms with van der Waals surface area (Å²) >= 11 is 12.1. The molecule has 0 spiro atoms. The second-order valence-electron chi connectivity index (χ2n) is 7.46. The molecule has 0 radical (unpaired) electrons. The first-order valence-electron chi connectivity index (χ1n) is 9.59. The minimum Gasteiger partial charge on any atom is -0.449 e. The van der Waals surface area contributed by atoms with Crippen LogP contribution in [0.4, 0.5) is 5.69 Å². The monoisotopic (exact) mass is 484 g/mol. The maximum absolute atomic E-state index is 12.6. The van der Waals surface area contributed by atoms with Crippen molar-refractivity contribution in [2.24, 2.45) is 0 Å². The molecule has 0 aromatic heterocycles. The van der Waals surface area contributed by atoms with E-state index in [2.05, 4.69) is 10.0 Å². The molecule has 1 aliphatic rings. The van der Waals surface area contributed by atoms with E-state index in [1.54, 1.807) is 0 Å². The Bertz CT molecular complexity index is 1130. The number of hydrogen-bond acceptors (Lipinski definition) is 5. The zero-order chi connectivity index (χ0) is 22.9. The highest BCUT2D eigenvalue weighted by Gasteiger charge is 2.31. The van der Waals surface area contributed by atoms with Gasteiger partial charge in [-0.2, -0.15) is 0 Å². The first-order valence-corrected chi connectivity index (χ1v) is 11.8. The summed E-state index contributed by atoms with van der Waals surface area (Å²) in [6.07, 6.45) is 0.335. The molecule has 166 valence electrons. The van der Waals surface area contributed by atoms with Crippen LogP contribution in [0.5, 0.6) is 0 Å². The van der Waals surface area contributed by atoms with Crippen molar-refractivity contribution in [3.05, 3.63) is 57.1 Å². The van der Waals surface area contributed by atoms with Crippen LogP contribution in [0.2, 0.25) is 10.0 Å². The quantitative estimate of drug-likeness (QED) is 0.572. The van der Waals surface area contributed by atoms with E-state index >= 15 is 0 Å². The predicted molar refractivity (Wildman–Crippen MR) is 119 cm³/mol. The Balaban J connectivity index is 1.77. The molecular formula is C21H22Cl2N2O5S.